The fourth-order valence-electron chi connectivity index (χ4n) is 6.44. The number of ether oxygens (including phenoxy) is 2. The number of anilines is 1. The Hall–Kier alpha value is -3.52. The fraction of sp³-hybridized carbons (Fsp3) is 0.429. The minimum atomic E-state index is -0.869. The molecule has 2 aromatic rings. The molecule has 8 heteroatoms. The number of benzene rings is 2. The maximum atomic E-state index is 12.7. The molecule has 188 valence electrons. The third-order valence-electron chi connectivity index (χ3n) is 7.65. The van der Waals surface area contributed by atoms with Gasteiger partial charge in [0, 0.05) is 5.69 Å². The smallest absolute Gasteiger partial charge is 0.338 e. The molecule has 4 aliphatic rings. The van der Waals surface area contributed by atoms with Gasteiger partial charge in [0.2, 0.25) is 5.70 Å². The SMILES string of the molecule is O=NC(C(=O)Nc1cccc(C(=O)OCc2ccccc2)c1)=C(O)COC12CC3CC(CC(C3)C1)C2. The maximum absolute atomic E-state index is 12.7. The number of aliphatic hydroxyl groups is 1. The van der Waals surface area contributed by atoms with E-state index in [4.69, 9.17) is 9.47 Å². The maximum Gasteiger partial charge on any atom is 0.338 e. The van der Waals surface area contributed by atoms with Crippen molar-refractivity contribution in [3.8, 4) is 0 Å². The van der Waals surface area contributed by atoms with Gasteiger partial charge in [-0.15, -0.1) is 4.91 Å². The Kier molecular flexibility index (Phi) is 6.87. The van der Waals surface area contributed by atoms with Gasteiger partial charge in [-0.2, -0.15) is 0 Å². The van der Waals surface area contributed by atoms with Crippen LogP contribution in [0.4, 0.5) is 5.69 Å². The lowest BCUT2D eigenvalue weighted by molar-refractivity contribution is -0.160. The summed E-state index contributed by atoms with van der Waals surface area (Å²) in [6.07, 6.45) is 6.67. The first-order valence-corrected chi connectivity index (χ1v) is 12.4. The van der Waals surface area contributed by atoms with Crippen LogP contribution in [0.1, 0.15) is 54.4 Å². The van der Waals surface area contributed by atoms with E-state index in [1.54, 1.807) is 18.2 Å². The van der Waals surface area contributed by atoms with E-state index in [0.29, 0.717) is 17.8 Å². The molecule has 4 saturated carbocycles. The van der Waals surface area contributed by atoms with E-state index in [2.05, 4.69) is 10.5 Å². The predicted octanol–water partition coefficient (Wildman–Crippen LogP) is 5.50. The Morgan fingerprint density at radius 3 is 2.28 bits per heavy atom. The van der Waals surface area contributed by atoms with Gasteiger partial charge in [0.05, 0.1) is 11.2 Å². The van der Waals surface area contributed by atoms with Crippen LogP contribution in [0.3, 0.4) is 0 Å². The van der Waals surface area contributed by atoms with E-state index < -0.39 is 23.3 Å². The van der Waals surface area contributed by atoms with E-state index in [1.165, 1.54) is 25.3 Å². The first-order chi connectivity index (χ1) is 17.4. The number of aliphatic hydroxyl groups excluding tert-OH is 1. The first kappa shape index (κ1) is 24.2. The second-order valence-corrected chi connectivity index (χ2v) is 10.4. The molecule has 0 heterocycles. The molecule has 4 bridgehead atoms. The lowest BCUT2D eigenvalue weighted by Gasteiger charge is -2.56. The second-order valence-electron chi connectivity index (χ2n) is 10.4. The molecule has 0 saturated heterocycles. The van der Waals surface area contributed by atoms with Crippen LogP contribution >= 0.6 is 0 Å². The van der Waals surface area contributed by atoms with Gasteiger partial charge in [-0.05, 0) is 85.2 Å². The van der Waals surface area contributed by atoms with Gasteiger partial charge in [-0.1, -0.05) is 36.4 Å². The largest absolute Gasteiger partial charge is 0.507 e. The molecular weight excluding hydrogens is 460 g/mol. The summed E-state index contributed by atoms with van der Waals surface area (Å²) < 4.78 is 11.5. The Bertz CT molecular complexity index is 1140. The molecule has 0 unspecified atom stereocenters. The van der Waals surface area contributed by atoms with E-state index in [0.717, 1.165) is 24.8 Å². The summed E-state index contributed by atoms with van der Waals surface area (Å²) in [5, 5.41) is 15.8. The lowest BCUT2D eigenvalue weighted by atomic mass is 9.54. The van der Waals surface area contributed by atoms with Crippen LogP contribution in [0.2, 0.25) is 0 Å². The van der Waals surface area contributed by atoms with Crippen LogP contribution in [0, 0.1) is 22.7 Å². The van der Waals surface area contributed by atoms with Crippen LogP contribution in [0.25, 0.3) is 0 Å². The zero-order chi connectivity index (χ0) is 25.1. The Balaban J connectivity index is 1.20. The van der Waals surface area contributed by atoms with Gasteiger partial charge in [0.15, 0.2) is 5.76 Å². The lowest BCUT2D eigenvalue weighted by Crippen LogP contribution is -2.52. The number of hydrogen-bond donors (Lipinski definition) is 2. The quantitative estimate of drug-likeness (QED) is 0.208. The summed E-state index contributed by atoms with van der Waals surface area (Å²) in [5.41, 5.74) is 0.458. The monoisotopic (exact) mass is 490 g/mol. The highest BCUT2D eigenvalue weighted by molar-refractivity contribution is 6.04. The summed E-state index contributed by atoms with van der Waals surface area (Å²) in [5.74, 6) is 0.0946. The third-order valence-corrected chi connectivity index (χ3v) is 7.65. The average molecular weight is 491 g/mol. The molecule has 2 aromatic carbocycles. The van der Waals surface area contributed by atoms with E-state index in [-0.39, 0.29) is 30.1 Å². The minimum absolute atomic E-state index is 0.121. The number of esters is 1. The van der Waals surface area contributed by atoms with Crippen molar-refractivity contribution in [2.75, 3.05) is 11.9 Å². The van der Waals surface area contributed by atoms with Crippen molar-refractivity contribution < 1.29 is 24.2 Å². The van der Waals surface area contributed by atoms with Gasteiger partial charge in [-0.3, -0.25) is 4.79 Å². The van der Waals surface area contributed by atoms with Crippen molar-refractivity contribution >= 4 is 17.6 Å². The van der Waals surface area contributed by atoms with Gasteiger partial charge >= 0.3 is 5.97 Å². The van der Waals surface area contributed by atoms with Crippen molar-refractivity contribution in [2.24, 2.45) is 22.9 Å². The number of hydrogen-bond acceptors (Lipinski definition) is 7. The van der Waals surface area contributed by atoms with Gasteiger partial charge in [0.25, 0.3) is 5.91 Å². The highest BCUT2D eigenvalue weighted by Gasteiger charge is 2.51. The zero-order valence-corrected chi connectivity index (χ0v) is 20.0. The van der Waals surface area contributed by atoms with Crippen molar-refractivity contribution in [2.45, 2.75) is 50.7 Å². The molecule has 0 atom stereocenters. The van der Waals surface area contributed by atoms with Crippen LogP contribution in [-0.4, -0.2) is 29.2 Å². The second kappa shape index (κ2) is 10.2. The number of amides is 1. The molecule has 0 aliphatic heterocycles. The van der Waals surface area contributed by atoms with Crippen molar-refractivity contribution in [1.29, 1.82) is 0 Å². The molecule has 6 rings (SSSR count). The van der Waals surface area contributed by atoms with Crippen molar-refractivity contribution in [3.05, 3.63) is 82.1 Å². The van der Waals surface area contributed by atoms with Crippen molar-refractivity contribution in [3.63, 3.8) is 0 Å². The Labute approximate surface area is 209 Å². The molecule has 0 radical (unpaired) electrons. The minimum Gasteiger partial charge on any atom is -0.507 e. The van der Waals surface area contributed by atoms with E-state index in [1.807, 2.05) is 30.3 Å². The summed E-state index contributed by atoms with van der Waals surface area (Å²) in [4.78, 5) is 36.6. The summed E-state index contributed by atoms with van der Waals surface area (Å²) >= 11 is 0. The van der Waals surface area contributed by atoms with Crippen molar-refractivity contribution in [1.82, 2.24) is 0 Å². The standard InChI is InChI=1S/C28H30N2O6/c31-24(17-36-28-13-19-9-20(14-28)11-21(10-19)15-28)25(30-34)26(32)29-23-8-4-7-22(12-23)27(33)35-16-18-5-2-1-3-6-18/h1-8,12,19-21,31H,9-11,13-17H2,(H,29,32). The summed E-state index contributed by atoms with van der Waals surface area (Å²) in [6, 6.07) is 15.4. The normalized spacial score (nSPS) is 26.7. The number of carbonyl (C=O) groups is 2. The third kappa shape index (κ3) is 5.33. The van der Waals surface area contributed by atoms with Gasteiger partial charge in [0.1, 0.15) is 13.2 Å². The van der Waals surface area contributed by atoms with Crippen LogP contribution in [0.15, 0.2) is 71.2 Å². The van der Waals surface area contributed by atoms with Crippen LogP contribution in [-0.2, 0) is 20.9 Å². The van der Waals surface area contributed by atoms with Crippen LogP contribution in [0.5, 0.6) is 0 Å². The number of nitroso groups, excluding NO2 is 1. The summed E-state index contributed by atoms with van der Waals surface area (Å²) in [7, 11) is 0. The molecule has 4 aliphatic carbocycles. The van der Waals surface area contributed by atoms with E-state index >= 15 is 0 Å². The molecule has 36 heavy (non-hydrogen) atoms. The average Bonchev–Trinajstić information content (AvgIpc) is 2.86. The molecule has 2 N–H and O–H groups in total. The van der Waals surface area contributed by atoms with E-state index in [9.17, 15) is 19.6 Å². The Morgan fingerprint density at radius 1 is 0.972 bits per heavy atom. The predicted molar refractivity (Wildman–Crippen MR) is 133 cm³/mol. The highest BCUT2D eigenvalue weighted by atomic mass is 16.5. The number of rotatable bonds is 9. The zero-order valence-electron chi connectivity index (χ0n) is 20.0. The molecule has 1 amide bonds. The highest BCUT2D eigenvalue weighted by Crippen LogP contribution is 2.57. The molecule has 0 aromatic heterocycles. The fourth-order valence-corrected chi connectivity index (χ4v) is 6.44. The van der Waals surface area contributed by atoms with Gasteiger partial charge < -0.3 is 19.9 Å². The van der Waals surface area contributed by atoms with Gasteiger partial charge in [-0.25, -0.2) is 4.79 Å². The molecule has 4 fully saturated rings. The summed E-state index contributed by atoms with van der Waals surface area (Å²) in [6.45, 7) is -0.109. The topological polar surface area (TPSA) is 114 Å². The van der Waals surface area contributed by atoms with Crippen LogP contribution < -0.4 is 5.32 Å². The molecular formula is C28H30N2O6. The number of nitrogens with one attached hydrogen (secondary N) is 1. The number of nitrogens with zero attached hydrogens (tertiary/aromatic N) is 1. The molecule has 8 nitrogen and oxygen atoms in total. The number of carbonyl (C=O) groups excluding carboxylic acids is 2. The molecule has 0 spiro atoms. The Morgan fingerprint density at radius 2 is 1.64 bits per heavy atom. The first-order valence-electron chi connectivity index (χ1n) is 12.4.